The van der Waals surface area contributed by atoms with Crippen LogP contribution in [0.1, 0.15) is 44.6 Å². The van der Waals surface area contributed by atoms with E-state index in [1.165, 1.54) is 0 Å². The van der Waals surface area contributed by atoms with E-state index in [9.17, 15) is 13.2 Å². The van der Waals surface area contributed by atoms with Gasteiger partial charge in [-0.15, -0.1) is 12.4 Å². The quantitative estimate of drug-likeness (QED) is 0.733. The minimum Gasteiger partial charge on any atom is -0.326 e. The number of rotatable bonds is 8. The van der Waals surface area contributed by atoms with Crippen molar-refractivity contribution in [3.05, 3.63) is 29.8 Å². The third-order valence-corrected chi connectivity index (χ3v) is 6.54. The zero-order chi connectivity index (χ0) is 16.7. The first-order chi connectivity index (χ1) is 11.0. The molecule has 0 bridgehead atoms. The van der Waals surface area contributed by atoms with Gasteiger partial charge in [0.1, 0.15) is 0 Å². The van der Waals surface area contributed by atoms with Crippen LogP contribution in [0, 0.1) is 0 Å². The third kappa shape index (κ3) is 6.07. The van der Waals surface area contributed by atoms with Crippen molar-refractivity contribution in [1.29, 1.82) is 0 Å². The molecule has 0 spiro atoms. The number of carbonyl (C=O) groups is 1. The molecule has 0 atom stereocenters. The highest BCUT2D eigenvalue weighted by molar-refractivity contribution is 7.92. The first-order valence-corrected chi connectivity index (χ1v) is 10.0. The van der Waals surface area contributed by atoms with E-state index in [1.54, 1.807) is 0 Å². The standard InChI is InChI=1S/C17H26N2O3S.ClH/c1-2-18-13-14-7-3-6-10-16(14)19-17(20)11-12-23(21,22)15-8-4-5-9-15;/h3,6-7,10,15,18H,2,4-5,8-9,11-13H2,1H3,(H,19,20);1H. The summed E-state index contributed by atoms with van der Waals surface area (Å²) < 4.78 is 24.4. The first kappa shape index (κ1) is 20.9. The van der Waals surface area contributed by atoms with Crippen molar-refractivity contribution >= 4 is 33.8 Å². The second-order valence-corrected chi connectivity index (χ2v) is 8.41. The van der Waals surface area contributed by atoms with Crippen LogP contribution in [0.2, 0.25) is 0 Å². The van der Waals surface area contributed by atoms with Crippen LogP contribution in [0.25, 0.3) is 0 Å². The van der Waals surface area contributed by atoms with Crippen molar-refractivity contribution in [2.75, 3.05) is 17.6 Å². The largest absolute Gasteiger partial charge is 0.326 e. The van der Waals surface area contributed by atoms with Gasteiger partial charge in [0.2, 0.25) is 5.91 Å². The highest BCUT2D eigenvalue weighted by Crippen LogP contribution is 2.25. The molecule has 7 heteroatoms. The van der Waals surface area contributed by atoms with Gasteiger partial charge in [0.15, 0.2) is 9.84 Å². The maximum Gasteiger partial charge on any atom is 0.225 e. The van der Waals surface area contributed by atoms with Crippen LogP contribution in [-0.4, -0.2) is 31.9 Å². The number of anilines is 1. The molecule has 1 aliphatic rings. The van der Waals surface area contributed by atoms with E-state index in [4.69, 9.17) is 0 Å². The van der Waals surface area contributed by atoms with Crippen LogP contribution in [0.3, 0.4) is 0 Å². The van der Waals surface area contributed by atoms with Crippen LogP contribution >= 0.6 is 12.4 Å². The molecule has 136 valence electrons. The van der Waals surface area contributed by atoms with Gasteiger partial charge in [0.05, 0.1) is 11.0 Å². The van der Waals surface area contributed by atoms with Crippen LogP contribution < -0.4 is 10.6 Å². The van der Waals surface area contributed by atoms with Gasteiger partial charge >= 0.3 is 0 Å². The Bertz CT molecular complexity index is 628. The van der Waals surface area contributed by atoms with E-state index in [0.717, 1.165) is 43.5 Å². The Hall–Kier alpha value is -1.11. The highest BCUT2D eigenvalue weighted by Gasteiger charge is 2.28. The molecule has 5 nitrogen and oxygen atoms in total. The van der Waals surface area contributed by atoms with Crippen molar-refractivity contribution in [2.45, 2.75) is 50.8 Å². The van der Waals surface area contributed by atoms with Crippen molar-refractivity contribution in [3.8, 4) is 0 Å². The number of carbonyl (C=O) groups excluding carboxylic acids is 1. The van der Waals surface area contributed by atoms with Gasteiger partial charge in [-0.25, -0.2) is 8.42 Å². The summed E-state index contributed by atoms with van der Waals surface area (Å²) in [7, 11) is -3.14. The molecule has 0 aliphatic heterocycles. The summed E-state index contributed by atoms with van der Waals surface area (Å²) in [5.74, 6) is -0.297. The molecular weight excluding hydrogens is 348 g/mol. The number of amides is 1. The topological polar surface area (TPSA) is 75.3 Å². The third-order valence-electron chi connectivity index (χ3n) is 4.28. The first-order valence-electron chi connectivity index (χ1n) is 8.33. The Morgan fingerprint density at radius 1 is 1.21 bits per heavy atom. The fourth-order valence-electron chi connectivity index (χ4n) is 2.92. The predicted octanol–water partition coefficient (Wildman–Crippen LogP) is 2.90. The van der Waals surface area contributed by atoms with E-state index in [-0.39, 0.29) is 35.7 Å². The number of halogens is 1. The average molecular weight is 375 g/mol. The van der Waals surface area contributed by atoms with Crippen LogP contribution in [0.15, 0.2) is 24.3 Å². The number of para-hydroxylation sites is 1. The van der Waals surface area contributed by atoms with Crippen molar-refractivity contribution in [3.63, 3.8) is 0 Å². The molecule has 1 saturated carbocycles. The summed E-state index contributed by atoms with van der Waals surface area (Å²) in [6, 6.07) is 7.58. The fraction of sp³-hybridized carbons (Fsp3) is 0.588. The lowest BCUT2D eigenvalue weighted by Gasteiger charge is -2.13. The van der Waals surface area contributed by atoms with E-state index >= 15 is 0 Å². The SMILES string of the molecule is CCNCc1ccccc1NC(=O)CCS(=O)(=O)C1CCCC1.Cl. The Kier molecular flexibility index (Phi) is 8.73. The lowest BCUT2D eigenvalue weighted by molar-refractivity contribution is -0.115. The number of hydrogen-bond donors (Lipinski definition) is 2. The minimum absolute atomic E-state index is 0. The lowest BCUT2D eigenvalue weighted by atomic mass is 10.1. The second-order valence-electron chi connectivity index (χ2n) is 6.01. The monoisotopic (exact) mass is 374 g/mol. The predicted molar refractivity (Wildman–Crippen MR) is 100 cm³/mol. The fourth-order valence-corrected chi connectivity index (χ4v) is 4.77. The lowest BCUT2D eigenvalue weighted by Crippen LogP contribution is -2.25. The Morgan fingerprint density at radius 3 is 2.54 bits per heavy atom. The zero-order valence-electron chi connectivity index (χ0n) is 14.1. The smallest absolute Gasteiger partial charge is 0.225 e. The molecule has 1 aromatic rings. The molecule has 0 unspecified atom stereocenters. The number of sulfone groups is 1. The van der Waals surface area contributed by atoms with Gasteiger partial charge in [0.25, 0.3) is 0 Å². The summed E-state index contributed by atoms with van der Waals surface area (Å²) in [5, 5.41) is 5.82. The van der Waals surface area contributed by atoms with Crippen molar-refractivity contribution < 1.29 is 13.2 Å². The maximum absolute atomic E-state index is 12.2. The van der Waals surface area contributed by atoms with E-state index in [2.05, 4.69) is 10.6 Å². The van der Waals surface area contributed by atoms with Gasteiger partial charge in [-0.05, 0) is 31.0 Å². The molecule has 1 aliphatic carbocycles. The molecular formula is C17H27ClN2O3S. The summed E-state index contributed by atoms with van der Waals surface area (Å²) in [6.07, 6.45) is 3.47. The normalized spacial score (nSPS) is 15.0. The molecule has 2 rings (SSSR count). The Morgan fingerprint density at radius 2 is 1.88 bits per heavy atom. The van der Waals surface area contributed by atoms with Crippen molar-refractivity contribution in [1.82, 2.24) is 5.32 Å². The summed E-state index contributed by atoms with van der Waals surface area (Å²) in [6.45, 7) is 3.55. The Labute approximate surface area is 150 Å². The van der Waals surface area contributed by atoms with E-state index in [0.29, 0.717) is 6.54 Å². The Balaban J connectivity index is 0.00000288. The van der Waals surface area contributed by atoms with Crippen LogP contribution in [-0.2, 0) is 21.2 Å². The number of benzene rings is 1. The maximum atomic E-state index is 12.2. The van der Waals surface area contributed by atoms with Crippen LogP contribution in [0.5, 0.6) is 0 Å². The van der Waals surface area contributed by atoms with E-state index in [1.807, 2.05) is 31.2 Å². The second kappa shape index (κ2) is 10.0. The summed E-state index contributed by atoms with van der Waals surface area (Å²) in [4.78, 5) is 12.1. The number of nitrogens with one attached hydrogen (secondary N) is 2. The van der Waals surface area contributed by atoms with Crippen LogP contribution in [0.4, 0.5) is 5.69 Å². The molecule has 1 amide bonds. The highest BCUT2D eigenvalue weighted by atomic mass is 35.5. The van der Waals surface area contributed by atoms with Gasteiger partial charge in [-0.2, -0.15) is 0 Å². The molecule has 1 fully saturated rings. The molecule has 24 heavy (non-hydrogen) atoms. The summed E-state index contributed by atoms with van der Waals surface area (Å²) >= 11 is 0. The molecule has 0 heterocycles. The minimum atomic E-state index is -3.14. The van der Waals surface area contributed by atoms with Gasteiger partial charge < -0.3 is 10.6 Å². The number of hydrogen-bond acceptors (Lipinski definition) is 4. The molecule has 2 N–H and O–H groups in total. The van der Waals surface area contributed by atoms with Gasteiger partial charge in [0, 0.05) is 18.7 Å². The average Bonchev–Trinajstić information content (AvgIpc) is 3.08. The zero-order valence-corrected chi connectivity index (χ0v) is 15.7. The van der Waals surface area contributed by atoms with Gasteiger partial charge in [-0.1, -0.05) is 38.0 Å². The van der Waals surface area contributed by atoms with E-state index < -0.39 is 9.84 Å². The molecule has 1 aromatic carbocycles. The van der Waals surface area contributed by atoms with Crippen molar-refractivity contribution in [2.24, 2.45) is 0 Å². The molecule has 0 radical (unpaired) electrons. The molecule has 0 aromatic heterocycles. The van der Waals surface area contributed by atoms with Gasteiger partial charge in [-0.3, -0.25) is 4.79 Å². The summed E-state index contributed by atoms with van der Waals surface area (Å²) in [5.41, 5.74) is 1.75. The molecule has 0 saturated heterocycles.